The van der Waals surface area contributed by atoms with Crippen LogP contribution in [0.5, 0.6) is 5.75 Å². The highest BCUT2D eigenvalue weighted by Gasteiger charge is 2.34. The van der Waals surface area contributed by atoms with Gasteiger partial charge in [-0.2, -0.15) is 0 Å². The van der Waals surface area contributed by atoms with Crippen molar-refractivity contribution in [3.05, 3.63) is 65.7 Å². The lowest BCUT2D eigenvalue weighted by atomic mass is 9.94. The van der Waals surface area contributed by atoms with Crippen molar-refractivity contribution in [1.82, 2.24) is 21.3 Å². The van der Waals surface area contributed by atoms with Crippen LogP contribution in [0, 0.1) is 17.8 Å². The summed E-state index contributed by atoms with van der Waals surface area (Å²) in [5, 5.41) is 20.3. The fourth-order valence-electron chi connectivity index (χ4n) is 5.29. The van der Waals surface area contributed by atoms with Crippen molar-refractivity contribution in [2.45, 2.75) is 104 Å². The number of aliphatic carboxylic acids is 1. The lowest BCUT2D eigenvalue weighted by Crippen LogP contribution is -2.58. The maximum atomic E-state index is 13.7. The fraction of sp³-hybridized carbons (Fsp3) is 0.528. The van der Waals surface area contributed by atoms with Crippen molar-refractivity contribution < 1.29 is 47.0 Å². The van der Waals surface area contributed by atoms with Gasteiger partial charge < -0.3 is 36.8 Å². The molecule has 51 heavy (non-hydrogen) atoms. The Labute approximate surface area is 296 Å². The van der Waals surface area contributed by atoms with E-state index in [4.69, 9.17) is 5.73 Å². The van der Waals surface area contributed by atoms with E-state index in [2.05, 4.69) is 26.0 Å². The number of carboxylic acid groups (broad SMARTS) is 1. The van der Waals surface area contributed by atoms with Gasteiger partial charge in [0.1, 0.15) is 23.9 Å². The topological polar surface area (TPSA) is 189 Å². The van der Waals surface area contributed by atoms with Crippen LogP contribution in [0.4, 0.5) is 13.2 Å². The Bertz CT molecular complexity index is 1470. The zero-order valence-electron chi connectivity index (χ0n) is 29.8. The molecule has 2 aromatic carbocycles. The number of hydrogen-bond donors (Lipinski definition) is 6. The number of ether oxygens (including phenoxy) is 1. The van der Waals surface area contributed by atoms with Crippen molar-refractivity contribution >= 4 is 29.6 Å². The first kappa shape index (κ1) is 42.5. The van der Waals surface area contributed by atoms with Crippen molar-refractivity contribution in [1.29, 1.82) is 0 Å². The number of amides is 4. The minimum absolute atomic E-state index is 0.218. The Morgan fingerprint density at radius 2 is 1.33 bits per heavy atom. The fourth-order valence-corrected chi connectivity index (χ4v) is 5.29. The van der Waals surface area contributed by atoms with E-state index in [1.54, 1.807) is 46.8 Å². The monoisotopic (exact) mass is 721 g/mol. The Hall–Kier alpha value is -4.66. The molecule has 0 spiro atoms. The quantitative estimate of drug-likeness (QED) is 0.127. The summed E-state index contributed by atoms with van der Waals surface area (Å²) < 4.78 is 41.9. The number of halogens is 3. The second-order valence-corrected chi connectivity index (χ2v) is 13.3. The van der Waals surface area contributed by atoms with Gasteiger partial charge in [0.2, 0.25) is 23.6 Å². The number of benzene rings is 2. The molecule has 0 aliphatic heterocycles. The van der Waals surface area contributed by atoms with Gasteiger partial charge in [0.05, 0.1) is 6.42 Å². The minimum Gasteiger partial charge on any atom is -0.480 e. The Kier molecular flexibility index (Phi) is 16.4. The van der Waals surface area contributed by atoms with Gasteiger partial charge in [-0.15, -0.1) is 13.2 Å². The summed E-state index contributed by atoms with van der Waals surface area (Å²) in [6, 6.07) is 8.99. The summed E-state index contributed by atoms with van der Waals surface area (Å²) >= 11 is 0. The van der Waals surface area contributed by atoms with E-state index < -0.39 is 83.8 Å². The number of carbonyl (C=O) groups is 5. The molecule has 6 atom stereocenters. The van der Waals surface area contributed by atoms with Crippen LogP contribution in [-0.4, -0.2) is 71.3 Å². The van der Waals surface area contributed by atoms with Crippen LogP contribution in [0.25, 0.3) is 0 Å². The summed E-state index contributed by atoms with van der Waals surface area (Å²) in [6.45, 7) is 10.3. The standard InChI is InChI=1S/C36H50F3N5O7/c1-7-22(6)32(34(48)44-31(21(4)5)35(49)50)43-29(46)19-26(40)27(17-23-12-9-8-10-13-23)41-33(47)30(20(2)3)42-28(45)18-24-14-11-15-25(16-24)51-36(37,38)39/h8-16,20-22,26-27,30-32H,7,17-19,40H2,1-6H3,(H,41,47)(H,42,45)(H,43,46)(H,44,48)(H,49,50)/t22-,26?,27?,30-,31-,32-/m0/s1. The molecule has 0 aliphatic carbocycles. The molecular formula is C36H50F3N5O7. The summed E-state index contributed by atoms with van der Waals surface area (Å²) in [5.74, 6) is -5.28. The summed E-state index contributed by atoms with van der Waals surface area (Å²) in [4.78, 5) is 64.8. The van der Waals surface area contributed by atoms with Gasteiger partial charge in [-0.05, 0) is 47.4 Å². The average molecular weight is 722 g/mol. The van der Waals surface area contributed by atoms with Gasteiger partial charge in [-0.3, -0.25) is 19.2 Å². The van der Waals surface area contributed by atoms with Gasteiger partial charge in [-0.25, -0.2) is 4.79 Å². The minimum atomic E-state index is -4.90. The number of nitrogens with one attached hydrogen (secondary N) is 4. The van der Waals surface area contributed by atoms with Crippen LogP contribution in [0.1, 0.15) is 65.5 Å². The number of hydrogen-bond acceptors (Lipinski definition) is 7. The first-order chi connectivity index (χ1) is 23.8. The van der Waals surface area contributed by atoms with E-state index in [9.17, 15) is 42.3 Å². The van der Waals surface area contributed by atoms with Gasteiger partial charge in [0, 0.05) is 18.5 Å². The largest absolute Gasteiger partial charge is 0.573 e. The van der Waals surface area contributed by atoms with Gasteiger partial charge >= 0.3 is 12.3 Å². The third-order valence-corrected chi connectivity index (χ3v) is 8.37. The number of carbonyl (C=O) groups excluding carboxylic acids is 4. The highest BCUT2D eigenvalue weighted by Crippen LogP contribution is 2.23. The average Bonchev–Trinajstić information content (AvgIpc) is 3.03. The zero-order chi connectivity index (χ0) is 38.5. The third kappa shape index (κ3) is 14.6. The Morgan fingerprint density at radius 3 is 1.88 bits per heavy atom. The van der Waals surface area contributed by atoms with Crippen LogP contribution in [0.15, 0.2) is 54.6 Å². The molecule has 0 aromatic heterocycles. The van der Waals surface area contributed by atoms with E-state index >= 15 is 0 Å². The molecule has 0 aliphatic rings. The van der Waals surface area contributed by atoms with E-state index in [0.717, 1.165) is 17.7 Å². The molecule has 0 fully saturated rings. The first-order valence-corrected chi connectivity index (χ1v) is 16.9. The van der Waals surface area contributed by atoms with Gasteiger partial charge in [0.15, 0.2) is 0 Å². The number of rotatable bonds is 19. The molecule has 2 rings (SSSR count). The van der Waals surface area contributed by atoms with Gasteiger partial charge in [-0.1, -0.05) is 90.4 Å². The second kappa shape index (κ2) is 19.7. The lowest BCUT2D eigenvalue weighted by Gasteiger charge is -2.30. The van der Waals surface area contributed by atoms with E-state index in [0.29, 0.717) is 6.42 Å². The number of carboxylic acids is 1. The predicted octanol–water partition coefficient (Wildman–Crippen LogP) is 3.47. The Morgan fingerprint density at radius 1 is 0.765 bits per heavy atom. The van der Waals surface area contributed by atoms with Gasteiger partial charge in [0.25, 0.3) is 0 Å². The van der Waals surface area contributed by atoms with Crippen molar-refractivity contribution in [3.63, 3.8) is 0 Å². The van der Waals surface area contributed by atoms with Crippen molar-refractivity contribution in [3.8, 4) is 5.75 Å². The van der Waals surface area contributed by atoms with Crippen LogP contribution < -0.4 is 31.7 Å². The summed E-state index contributed by atoms with van der Waals surface area (Å²) in [6.07, 6.45) is -4.81. The van der Waals surface area contributed by atoms with E-state index in [-0.39, 0.29) is 30.7 Å². The van der Waals surface area contributed by atoms with Crippen LogP contribution in [0.2, 0.25) is 0 Å². The highest BCUT2D eigenvalue weighted by molar-refractivity contribution is 5.91. The third-order valence-electron chi connectivity index (χ3n) is 8.37. The molecule has 7 N–H and O–H groups in total. The van der Waals surface area contributed by atoms with Crippen LogP contribution in [0.3, 0.4) is 0 Å². The molecule has 0 bridgehead atoms. The molecule has 282 valence electrons. The number of alkyl halides is 3. The SMILES string of the molecule is CC[C@H](C)[C@H](NC(=O)CC(N)C(Cc1ccccc1)NC(=O)[C@@H](NC(=O)Cc1cccc(OC(F)(F)F)c1)C(C)C)C(=O)N[C@H](C(=O)O)C(C)C. The Balaban J connectivity index is 2.21. The lowest BCUT2D eigenvalue weighted by molar-refractivity contribution is -0.274. The smallest absolute Gasteiger partial charge is 0.480 e. The number of nitrogens with two attached hydrogens (primary N) is 1. The molecule has 0 saturated carbocycles. The summed E-state index contributed by atoms with van der Waals surface area (Å²) in [7, 11) is 0. The molecule has 0 heterocycles. The zero-order valence-corrected chi connectivity index (χ0v) is 29.8. The molecule has 0 radical (unpaired) electrons. The van der Waals surface area contributed by atoms with Crippen molar-refractivity contribution in [2.24, 2.45) is 23.5 Å². The van der Waals surface area contributed by atoms with Crippen LogP contribution >= 0.6 is 0 Å². The van der Waals surface area contributed by atoms with Crippen molar-refractivity contribution in [2.75, 3.05) is 0 Å². The molecular weight excluding hydrogens is 671 g/mol. The van der Waals surface area contributed by atoms with Crippen LogP contribution in [-0.2, 0) is 36.8 Å². The predicted molar refractivity (Wildman–Crippen MR) is 184 cm³/mol. The molecule has 2 aromatic rings. The molecule has 2 unspecified atom stereocenters. The molecule has 12 nitrogen and oxygen atoms in total. The molecule has 4 amide bonds. The van der Waals surface area contributed by atoms with E-state index in [1.165, 1.54) is 12.1 Å². The second-order valence-electron chi connectivity index (χ2n) is 13.3. The maximum Gasteiger partial charge on any atom is 0.573 e. The first-order valence-electron chi connectivity index (χ1n) is 16.9. The highest BCUT2D eigenvalue weighted by atomic mass is 19.4. The molecule has 0 saturated heterocycles. The summed E-state index contributed by atoms with van der Waals surface area (Å²) in [5.41, 5.74) is 7.58. The normalized spacial score (nSPS) is 15.1. The molecule has 15 heteroatoms. The van der Waals surface area contributed by atoms with E-state index in [1.807, 2.05) is 25.1 Å². The maximum absolute atomic E-state index is 13.7.